The first kappa shape index (κ1) is 14.0. The molecule has 0 spiro atoms. The Morgan fingerprint density at radius 1 is 1.25 bits per heavy atom. The molecule has 0 amide bonds. The zero-order valence-electron chi connectivity index (χ0n) is 11.4. The maximum absolute atomic E-state index is 12.4. The number of piperazine rings is 1. The molecule has 1 aliphatic carbocycles. The molecule has 1 aliphatic heterocycles. The number of hydrogen-bond donors (Lipinski definition) is 2. The molecule has 3 rings (SSSR count). The number of nitrogens with zero attached hydrogens (tertiary/aromatic N) is 3. The smallest absolute Gasteiger partial charge is 0.279 e. The van der Waals surface area contributed by atoms with Crippen molar-refractivity contribution in [2.24, 2.45) is 0 Å². The third-order valence-electron chi connectivity index (χ3n) is 4.10. The van der Waals surface area contributed by atoms with Gasteiger partial charge in [-0.25, -0.2) is 4.98 Å². The van der Waals surface area contributed by atoms with Crippen LogP contribution in [0.4, 0.5) is 0 Å². The van der Waals surface area contributed by atoms with Gasteiger partial charge < -0.3 is 9.88 Å². The lowest BCUT2D eigenvalue weighted by Crippen LogP contribution is -2.53. The first-order valence-electron chi connectivity index (χ1n) is 7.12. The molecule has 8 heteroatoms. The van der Waals surface area contributed by atoms with Gasteiger partial charge in [-0.2, -0.15) is 17.4 Å². The van der Waals surface area contributed by atoms with E-state index < -0.39 is 10.2 Å². The monoisotopic (exact) mass is 299 g/mol. The maximum Gasteiger partial charge on any atom is 0.279 e. The Hall–Kier alpha value is -0.960. The lowest BCUT2D eigenvalue weighted by molar-refractivity contribution is 0.343. The summed E-state index contributed by atoms with van der Waals surface area (Å²) in [5.74, 6) is 0. The van der Waals surface area contributed by atoms with Crippen molar-refractivity contribution in [3.8, 4) is 0 Å². The highest BCUT2D eigenvalue weighted by molar-refractivity contribution is 7.87. The summed E-state index contributed by atoms with van der Waals surface area (Å²) in [5, 5.41) is 3.17. The normalized spacial score (nSPS) is 28.8. The van der Waals surface area contributed by atoms with Crippen LogP contribution in [0.2, 0.25) is 0 Å². The van der Waals surface area contributed by atoms with Gasteiger partial charge in [0.05, 0.1) is 12.4 Å². The Morgan fingerprint density at radius 2 is 2.05 bits per heavy atom. The molecule has 2 N–H and O–H groups in total. The fourth-order valence-corrected chi connectivity index (χ4v) is 4.52. The maximum atomic E-state index is 12.4. The molecule has 2 aliphatic rings. The number of rotatable bonds is 4. The van der Waals surface area contributed by atoms with E-state index >= 15 is 0 Å². The number of aromatic nitrogens is 2. The molecule has 112 valence electrons. The van der Waals surface area contributed by atoms with Gasteiger partial charge in [0.2, 0.25) is 0 Å². The largest absolute Gasteiger partial charge is 0.333 e. The zero-order chi connectivity index (χ0) is 14.0. The van der Waals surface area contributed by atoms with Crippen molar-refractivity contribution in [1.82, 2.24) is 23.9 Å². The van der Waals surface area contributed by atoms with Gasteiger partial charge in [-0.1, -0.05) is 0 Å². The van der Waals surface area contributed by atoms with Gasteiger partial charge >= 0.3 is 0 Å². The molecule has 2 fully saturated rings. The van der Waals surface area contributed by atoms with Crippen molar-refractivity contribution >= 4 is 10.2 Å². The van der Waals surface area contributed by atoms with Crippen molar-refractivity contribution in [1.29, 1.82) is 0 Å². The third-order valence-corrected chi connectivity index (χ3v) is 5.75. The average molecular weight is 299 g/mol. The Kier molecular flexibility index (Phi) is 4.06. The molecule has 7 nitrogen and oxygen atoms in total. The molecular formula is C12H21N5O2S. The highest BCUT2D eigenvalue weighted by atomic mass is 32.2. The van der Waals surface area contributed by atoms with Crippen molar-refractivity contribution in [3.05, 3.63) is 18.7 Å². The molecule has 2 heterocycles. The summed E-state index contributed by atoms with van der Waals surface area (Å²) >= 11 is 0. The molecule has 2 atom stereocenters. The van der Waals surface area contributed by atoms with Crippen LogP contribution in [0.5, 0.6) is 0 Å². The quantitative estimate of drug-likeness (QED) is 0.801. The fourth-order valence-electron chi connectivity index (χ4n) is 3.05. The molecule has 0 bridgehead atoms. The van der Waals surface area contributed by atoms with E-state index in [0.717, 1.165) is 32.4 Å². The van der Waals surface area contributed by atoms with E-state index in [-0.39, 0.29) is 12.1 Å². The van der Waals surface area contributed by atoms with Crippen molar-refractivity contribution in [3.63, 3.8) is 0 Å². The second kappa shape index (κ2) is 5.80. The molecular weight excluding hydrogens is 278 g/mol. The van der Waals surface area contributed by atoms with Gasteiger partial charge in [0.1, 0.15) is 0 Å². The second-order valence-corrected chi connectivity index (χ2v) is 7.09. The summed E-state index contributed by atoms with van der Waals surface area (Å²) in [6.07, 6.45) is 8.32. The minimum absolute atomic E-state index is 0.0379. The van der Waals surface area contributed by atoms with E-state index in [4.69, 9.17) is 0 Å². The van der Waals surface area contributed by atoms with Gasteiger partial charge in [0.15, 0.2) is 0 Å². The number of imidazole rings is 1. The summed E-state index contributed by atoms with van der Waals surface area (Å²) in [6, 6.07) is 0.138. The van der Waals surface area contributed by atoms with E-state index in [2.05, 4.69) is 15.0 Å². The molecule has 2 unspecified atom stereocenters. The summed E-state index contributed by atoms with van der Waals surface area (Å²) in [6.45, 7) is 2.52. The minimum atomic E-state index is -3.38. The SMILES string of the molecule is O=S(=O)(NC1CCCC1n1ccnc1)N1CCNCC1. The summed E-state index contributed by atoms with van der Waals surface area (Å²) in [5.41, 5.74) is 0. The van der Waals surface area contributed by atoms with Gasteiger partial charge in [0, 0.05) is 44.6 Å². The highest BCUT2D eigenvalue weighted by Crippen LogP contribution is 2.30. The van der Waals surface area contributed by atoms with Gasteiger partial charge in [-0.3, -0.25) is 0 Å². The molecule has 1 saturated carbocycles. The van der Waals surface area contributed by atoms with E-state index in [9.17, 15) is 8.42 Å². The van der Waals surface area contributed by atoms with Crippen molar-refractivity contribution < 1.29 is 8.42 Å². The zero-order valence-corrected chi connectivity index (χ0v) is 12.2. The lowest BCUT2D eigenvalue weighted by Gasteiger charge is -2.30. The Balaban J connectivity index is 1.69. The van der Waals surface area contributed by atoms with Crippen LogP contribution in [0.15, 0.2) is 18.7 Å². The Morgan fingerprint density at radius 3 is 2.75 bits per heavy atom. The van der Waals surface area contributed by atoms with Crippen LogP contribution in [-0.2, 0) is 10.2 Å². The molecule has 1 saturated heterocycles. The Labute approximate surface area is 119 Å². The predicted octanol–water partition coefficient (Wildman–Crippen LogP) is -0.284. The summed E-state index contributed by atoms with van der Waals surface area (Å²) in [4.78, 5) is 4.05. The van der Waals surface area contributed by atoms with Crippen LogP contribution < -0.4 is 10.0 Å². The van der Waals surface area contributed by atoms with Crippen LogP contribution >= 0.6 is 0 Å². The fraction of sp³-hybridized carbons (Fsp3) is 0.750. The first-order chi connectivity index (χ1) is 9.67. The van der Waals surface area contributed by atoms with Gasteiger partial charge in [-0.05, 0) is 19.3 Å². The van der Waals surface area contributed by atoms with Gasteiger partial charge in [-0.15, -0.1) is 0 Å². The first-order valence-corrected chi connectivity index (χ1v) is 8.56. The lowest BCUT2D eigenvalue weighted by atomic mass is 10.2. The van der Waals surface area contributed by atoms with Crippen LogP contribution in [0.25, 0.3) is 0 Å². The molecule has 0 aromatic carbocycles. The summed E-state index contributed by atoms with van der Waals surface area (Å²) in [7, 11) is -3.38. The van der Waals surface area contributed by atoms with E-state index in [1.54, 1.807) is 12.5 Å². The molecule has 1 aromatic rings. The number of nitrogens with one attached hydrogen (secondary N) is 2. The van der Waals surface area contributed by atoms with E-state index in [0.29, 0.717) is 13.1 Å². The predicted molar refractivity (Wildman–Crippen MR) is 75.4 cm³/mol. The van der Waals surface area contributed by atoms with Crippen LogP contribution in [0.3, 0.4) is 0 Å². The molecule has 1 aromatic heterocycles. The van der Waals surface area contributed by atoms with Crippen molar-refractivity contribution in [2.45, 2.75) is 31.3 Å². The van der Waals surface area contributed by atoms with Gasteiger partial charge in [0.25, 0.3) is 10.2 Å². The van der Waals surface area contributed by atoms with Crippen LogP contribution in [0.1, 0.15) is 25.3 Å². The Bertz CT molecular complexity index is 524. The number of hydrogen-bond acceptors (Lipinski definition) is 4. The minimum Gasteiger partial charge on any atom is -0.333 e. The summed E-state index contributed by atoms with van der Waals surface area (Å²) < 4.78 is 31.3. The van der Waals surface area contributed by atoms with E-state index in [1.165, 1.54) is 4.31 Å². The second-order valence-electron chi connectivity index (χ2n) is 5.39. The standard InChI is InChI=1S/C12H21N5O2S/c18-20(19,17-8-5-13-6-9-17)15-11-2-1-3-12(11)16-7-4-14-10-16/h4,7,10-13,15H,1-3,5-6,8-9H2. The average Bonchev–Trinajstić information content (AvgIpc) is 3.10. The van der Waals surface area contributed by atoms with Crippen molar-refractivity contribution in [2.75, 3.05) is 26.2 Å². The third kappa shape index (κ3) is 2.88. The molecule has 20 heavy (non-hydrogen) atoms. The topological polar surface area (TPSA) is 79.3 Å². The highest BCUT2D eigenvalue weighted by Gasteiger charge is 2.34. The van der Waals surface area contributed by atoms with E-state index in [1.807, 2.05) is 10.8 Å². The molecule has 0 radical (unpaired) electrons. The van der Waals surface area contributed by atoms with Crippen LogP contribution in [-0.4, -0.2) is 54.5 Å². The van der Waals surface area contributed by atoms with Crippen LogP contribution in [0, 0.1) is 0 Å².